The van der Waals surface area contributed by atoms with Gasteiger partial charge in [0.1, 0.15) is 12.4 Å². The lowest BCUT2D eigenvalue weighted by Crippen LogP contribution is -2.53. The molecule has 1 aromatic rings. The second-order valence-corrected chi connectivity index (χ2v) is 6.06. The van der Waals surface area contributed by atoms with Gasteiger partial charge in [-0.15, -0.1) is 0 Å². The Morgan fingerprint density at radius 2 is 1.83 bits per heavy atom. The van der Waals surface area contributed by atoms with Crippen LogP contribution >= 0.6 is 0 Å². The number of hydrazine groups is 1. The molecule has 0 aliphatic rings. The summed E-state index contributed by atoms with van der Waals surface area (Å²) in [6.07, 6.45) is 1.56. The second-order valence-electron chi connectivity index (χ2n) is 6.06. The maximum atomic E-state index is 12.5. The van der Waals surface area contributed by atoms with Gasteiger partial charge < -0.3 is 10.6 Å². The standard InChI is InChI=1S/C17H27N5O2/c1-13(2)10-15(16(23)22(4)21(3)12-18)20-17(24)19-11-14-8-6-5-7-9-14/h5-9,12-13,15,18H,10-11H2,1-4H3,(H2,19,20,24)/t15-/m0/s1. The zero-order valence-electron chi connectivity index (χ0n) is 14.7. The Morgan fingerprint density at radius 3 is 2.38 bits per heavy atom. The Hall–Kier alpha value is -2.57. The van der Waals surface area contributed by atoms with Crippen molar-refractivity contribution in [3.63, 3.8) is 0 Å². The van der Waals surface area contributed by atoms with E-state index in [2.05, 4.69) is 10.6 Å². The van der Waals surface area contributed by atoms with Crippen molar-refractivity contribution in [3.05, 3.63) is 35.9 Å². The Labute approximate surface area is 143 Å². The predicted molar refractivity (Wildman–Crippen MR) is 94.4 cm³/mol. The third kappa shape index (κ3) is 6.28. The molecular formula is C17H27N5O2. The fourth-order valence-corrected chi connectivity index (χ4v) is 2.15. The van der Waals surface area contributed by atoms with Crippen molar-refractivity contribution in [1.82, 2.24) is 20.7 Å². The normalized spacial score (nSPS) is 11.5. The van der Waals surface area contributed by atoms with E-state index in [-0.39, 0.29) is 17.9 Å². The zero-order valence-corrected chi connectivity index (χ0v) is 14.7. The molecule has 24 heavy (non-hydrogen) atoms. The van der Waals surface area contributed by atoms with Crippen molar-refractivity contribution in [2.45, 2.75) is 32.9 Å². The molecule has 7 heteroatoms. The van der Waals surface area contributed by atoms with Crippen LogP contribution in [-0.4, -0.2) is 48.4 Å². The molecule has 1 aromatic carbocycles. The van der Waals surface area contributed by atoms with Crippen molar-refractivity contribution >= 4 is 18.3 Å². The smallest absolute Gasteiger partial charge is 0.315 e. The number of urea groups is 1. The number of carbonyl (C=O) groups excluding carboxylic acids is 2. The SMILES string of the molecule is CC(C)C[C@H](NC(=O)NCc1ccccc1)C(=O)N(C)N(C)C=N. The lowest BCUT2D eigenvalue weighted by Gasteiger charge is -2.30. The second kappa shape index (κ2) is 9.54. The molecule has 0 saturated heterocycles. The summed E-state index contributed by atoms with van der Waals surface area (Å²) < 4.78 is 0. The topological polar surface area (TPSA) is 88.5 Å². The van der Waals surface area contributed by atoms with Gasteiger partial charge in [-0.1, -0.05) is 44.2 Å². The average Bonchev–Trinajstić information content (AvgIpc) is 2.57. The average molecular weight is 333 g/mol. The molecule has 0 unspecified atom stereocenters. The summed E-state index contributed by atoms with van der Waals surface area (Å²) in [4.78, 5) is 24.7. The molecule has 0 fully saturated rings. The minimum Gasteiger partial charge on any atom is -0.334 e. The van der Waals surface area contributed by atoms with Gasteiger partial charge in [-0.25, -0.2) is 4.79 Å². The maximum absolute atomic E-state index is 12.5. The number of nitrogens with one attached hydrogen (secondary N) is 3. The molecule has 0 radical (unpaired) electrons. The van der Waals surface area contributed by atoms with Gasteiger partial charge in [0.2, 0.25) is 0 Å². The lowest BCUT2D eigenvalue weighted by molar-refractivity contribution is -0.140. The van der Waals surface area contributed by atoms with Crippen LogP contribution in [0.1, 0.15) is 25.8 Å². The molecule has 0 spiro atoms. The molecule has 1 rings (SSSR count). The molecule has 0 aliphatic carbocycles. The van der Waals surface area contributed by atoms with Crippen LogP contribution in [0.15, 0.2) is 30.3 Å². The maximum Gasteiger partial charge on any atom is 0.315 e. The van der Waals surface area contributed by atoms with Crippen molar-refractivity contribution in [2.24, 2.45) is 5.92 Å². The summed E-state index contributed by atoms with van der Waals surface area (Å²) >= 11 is 0. The highest BCUT2D eigenvalue weighted by atomic mass is 16.2. The predicted octanol–water partition coefficient (Wildman–Crippen LogP) is 1.81. The number of benzene rings is 1. The van der Waals surface area contributed by atoms with Crippen LogP contribution in [0.2, 0.25) is 0 Å². The fraction of sp³-hybridized carbons (Fsp3) is 0.471. The van der Waals surface area contributed by atoms with Gasteiger partial charge in [0.15, 0.2) is 0 Å². The van der Waals surface area contributed by atoms with Crippen molar-refractivity contribution in [1.29, 1.82) is 5.41 Å². The van der Waals surface area contributed by atoms with E-state index >= 15 is 0 Å². The monoisotopic (exact) mass is 333 g/mol. The Morgan fingerprint density at radius 1 is 1.21 bits per heavy atom. The summed E-state index contributed by atoms with van der Waals surface area (Å²) in [7, 11) is 3.18. The number of likely N-dealkylation sites (N-methyl/N-ethyl adjacent to an activating group) is 1. The van der Waals surface area contributed by atoms with Crippen LogP contribution in [0.5, 0.6) is 0 Å². The quantitative estimate of drug-likeness (QED) is 0.385. The number of hydrogen-bond acceptors (Lipinski definition) is 3. The highest BCUT2D eigenvalue weighted by Crippen LogP contribution is 2.08. The van der Waals surface area contributed by atoms with Gasteiger partial charge >= 0.3 is 6.03 Å². The minimum absolute atomic E-state index is 0.243. The zero-order chi connectivity index (χ0) is 18.1. The Bertz CT molecular complexity index is 547. The summed E-state index contributed by atoms with van der Waals surface area (Å²) in [5, 5.41) is 15.4. The minimum atomic E-state index is -0.645. The molecule has 0 aliphatic heterocycles. The molecule has 1 atom stereocenters. The first-order valence-electron chi connectivity index (χ1n) is 7.94. The van der Waals surface area contributed by atoms with Gasteiger partial charge in [0.05, 0.1) is 0 Å². The van der Waals surface area contributed by atoms with Crippen LogP contribution in [0.4, 0.5) is 4.79 Å². The highest BCUT2D eigenvalue weighted by Gasteiger charge is 2.26. The van der Waals surface area contributed by atoms with Crippen molar-refractivity contribution in [3.8, 4) is 0 Å². The van der Waals surface area contributed by atoms with E-state index in [1.807, 2.05) is 44.2 Å². The van der Waals surface area contributed by atoms with E-state index in [1.54, 1.807) is 14.1 Å². The summed E-state index contributed by atoms with van der Waals surface area (Å²) in [5.74, 6) is -0.0170. The van der Waals surface area contributed by atoms with Crippen LogP contribution in [0.25, 0.3) is 0 Å². The fourth-order valence-electron chi connectivity index (χ4n) is 2.15. The van der Waals surface area contributed by atoms with Crippen LogP contribution < -0.4 is 10.6 Å². The van der Waals surface area contributed by atoms with Gasteiger partial charge in [-0.2, -0.15) is 0 Å². The number of nitrogens with zero attached hydrogens (tertiary/aromatic N) is 2. The first-order chi connectivity index (χ1) is 11.3. The molecule has 0 aromatic heterocycles. The molecule has 7 nitrogen and oxygen atoms in total. The number of rotatable bonds is 8. The van der Waals surface area contributed by atoms with E-state index in [9.17, 15) is 9.59 Å². The molecule has 0 bridgehead atoms. The molecule has 3 amide bonds. The van der Waals surface area contributed by atoms with E-state index < -0.39 is 6.04 Å². The number of carbonyl (C=O) groups is 2. The molecule has 3 N–H and O–H groups in total. The van der Waals surface area contributed by atoms with Crippen molar-refractivity contribution < 1.29 is 9.59 Å². The molecule has 0 heterocycles. The third-order valence-electron chi connectivity index (χ3n) is 3.59. The van der Waals surface area contributed by atoms with Crippen LogP contribution in [0.3, 0.4) is 0 Å². The molecule has 0 saturated carbocycles. The molecule has 132 valence electrons. The number of amides is 3. The highest BCUT2D eigenvalue weighted by molar-refractivity contribution is 5.87. The molecular weight excluding hydrogens is 306 g/mol. The van der Waals surface area contributed by atoms with Gasteiger partial charge in [0.25, 0.3) is 5.91 Å². The van der Waals surface area contributed by atoms with Gasteiger partial charge in [0, 0.05) is 20.6 Å². The van der Waals surface area contributed by atoms with E-state index in [4.69, 9.17) is 5.41 Å². The summed E-state index contributed by atoms with van der Waals surface area (Å²) in [6, 6.07) is 8.53. The largest absolute Gasteiger partial charge is 0.334 e. The van der Waals surface area contributed by atoms with E-state index in [0.29, 0.717) is 13.0 Å². The van der Waals surface area contributed by atoms with E-state index in [1.165, 1.54) is 10.0 Å². The Balaban J connectivity index is 2.65. The first-order valence-corrected chi connectivity index (χ1v) is 7.94. The van der Waals surface area contributed by atoms with Gasteiger partial charge in [-0.3, -0.25) is 20.2 Å². The third-order valence-corrected chi connectivity index (χ3v) is 3.59. The van der Waals surface area contributed by atoms with E-state index in [0.717, 1.165) is 11.9 Å². The first kappa shape index (κ1) is 19.5. The number of hydrogen-bond donors (Lipinski definition) is 3. The summed E-state index contributed by atoms with van der Waals surface area (Å²) in [5.41, 5.74) is 0.986. The lowest BCUT2D eigenvalue weighted by atomic mass is 10.0. The Kier molecular flexibility index (Phi) is 7.74. The van der Waals surface area contributed by atoms with Crippen LogP contribution in [-0.2, 0) is 11.3 Å². The van der Waals surface area contributed by atoms with Crippen LogP contribution in [0, 0.1) is 11.3 Å². The van der Waals surface area contributed by atoms with Gasteiger partial charge in [-0.05, 0) is 17.9 Å². The van der Waals surface area contributed by atoms with Crippen molar-refractivity contribution in [2.75, 3.05) is 14.1 Å². The summed E-state index contributed by atoms with van der Waals surface area (Å²) in [6.45, 7) is 4.37.